The lowest BCUT2D eigenvalue weighted by atomic mass is 9.86. The second kappa shape index (κ2) is 4.76. The molecule has 1 aromatic carbocycles. The van der Waals surface area contributed by atoms with Crippen LogP contribution in [0, 0.1) is 16.7 Å². The SMILES string of the molecule is CC(C)(C)C(=O)C(C#N)=Cc1ccccc1. The molecule has 0 radical (unpaired) electrons. The smallest absolute Gasteiger partial charge is 0.178 e. The van der Waals surface area contributed by atoms with Gasteiger partial charge in [-0.1, -0.05) is 51.1 Å². The third-order valence-electron chi connectivity index (χ3n) is 2.16. The first-order valence-corrected chi connectivity index (χ1v) is 5.17. The number of nitriles is 1. The minimum atomic E-state index is -0.518. The van der Waals surface area contributed by atoms with Crippen molar-refractivity contribution in [2.75, 3.05) is 0 Å². The Labute approximate surface area is 96.2 Å². The second-order valence-corrected chi connectivity index (χ2v) is 4.66. The third-order valence-corrected chi connectivity index (χ3v) is 2.16. The molecule has 0 heterocycles. The van der Waals surface area contributed by atoms with E-state index in [9.17, 15) is 4.79 Å². The molecule has 2 heteroatoms. The number of carbonyl (C=O) groups excluding carboxylic acids is 1. The van der Waals surface area contributed by atoms with E-state index in [1.54, 1.807) is 6.08 Å². The summed E-state index contributed by atoms with van der Waals surface area (Å²) in [5.41, 5.74) is 0.562. The van der Waals surface area contributed by atoms with Crippen LogP contribution in [0.2, 0.25) is 0 Å². The summed E-state index contributed by atoms with van der Waals surface area (Å²) in [6.07, 6.45) is 1.63. The van der Waals surface area contributed by atoms with E-state index in [-0.39, 0.29) is 11.4 Å². The molecule has 0 aromatic heterocycles. The second-order valence-electron chi connectivity index (χ2n) is 4.66. The molecule has 2 nitrogen and oxygen atoms in total. The lowest BCUT2D eigenvalue weighted by molar-refractivity contribution is -0.121. The first kappa shape index (κ1) is 12.2. The van der Waals surface area contributed by atoms with Gasteiger partial charge in [0.25, 0.3) is 0 Å². The monoisotopic (exact) mass is 213 g/mol. The van der Waals surface area contributed by atoms with Crippen LogP contribution in [0.4, 0.5) is 0 Å². The molecular formula is C14H15NO. The molecule has 0 N–H and O–H groups in total. The van der Waals surface area contributed by atoms with Crippen molar-refractivity contribution in [3.05, 3.63) is 41.5 Å². The minimum absolute atomic E-state index is 0.126. The van der Waals surface area contributed by atoms with Crippen LogP contribution in [0.15, 0.2) is 35.9 Å². The van der Waals surface area contributed by atoms with Gasteiger partial charge in [-0.3, -0.25) is 4.79 Å². The van der Waals surface area contributed by atoms with E-state index < -0.39 is 5.41 Å². The van der Waals surface area contributed by atoms with Crippen LogP contribution in [0.25, 0.3) is 6.08 Å². The molecule has 0 spiro atoms. The van der Waals surface area contributed by atoms with Crippen molar-refractivity contribution in [1.82, 2.24) is 0 Å². The summed E-state index contributed by atoms with van der Waals surface area (Å²) >= 11 is 0. The van der Waals surface area contributed by atoms with Crippen LogP contribution in [-0.4, -0.2) is 5.78 Å². The molecule has 0 saturated carbocycles. The molecule has 0 fully saturated rings. The number of ketones is 1. The summed E-state index contributed by atoms with van der Waals surface area (Å²) in [5, 5.41) is 8.98. The van der Waals surface area contributed by atoms with Gasteiger partial charge in [0.2, 0.25) is 0 Å². The van der Waals surface area contributed by atoms with Crippen molar-refractivity contribution in [1.29, 1.82) is 5.26 Å². The molecule has 0 aliphatic rings. The Hall–Kier alpha value is -1.88. The average Bonchev–Trinajstić information content (AvgIpc) is 2.25. The zero-order valence-electron chi connectivity index (χ0n) is 9.82. The van der Waals surface area contributed by atoms with Crippen molar-refractivity contribution in [3.63, 3.8) is 0 Å². The maximum absolute atomic E-state index is 11.9. The van der Waals surface area contributed by atoms with E-state index in [2.05, 4.69) is 0 Å². The number of carbonyl (C=O) groups is 1. The van der Waals surface area contributed by atoms with Crippen molar-refractivity contribution >= 4 is 11.9 Å². The van der Waals surface area contributed by atoms with Crippen LogP contribution in [0.5, 0.6) is 0 Å². The van der Waals surface area contributed by atoms with E-state index in [1.165, 1.54) is 0 Å². The zero-order chi connectivity index (χ0) is 12.2. The predicted octanol–water partition coefficient (Wildman–Crippen LogP) is 3.21. The van der Waals surface area contributed by atoms with Gasteiger partial charge in [0, 0.05) is 5.41 Å². The Morgan fingerprint density at radius 1 is 1.25 bits per heavy atom. The fourth-order valence-corrected chi connectivity index (χ4v) is 1.27. The summed E-state index contributed by atoms with van der Waals surface area (Å²) < 4.78 is 0. The number of hydrogen-bond acceptors (Lipinski definition) is 2. The Morgan fingerprint density at radius 3 is 2.25 bits per heavy atom. The van der Waals surface area contributed by atoms with Gasteiger partial charge in [0.05, 0.1) is 5.57 Å². The molecular weight excluding hydrogens is 198 g/mol. The zero-order valence-corrected chi connectivity index (χ0v) is 9.82. The normalized spacial score (nSPS) is 12.0. The highest BCUT2D eigenvalue weighted by atomic mass is 16.1. The lowest BCUT2D eigenvalue weighted by Gasteiger charge is -2.15. The lowest BCUT2D eigenvalue weighted by Crippen LogP contribution is -2.21. The molecule has 0 aliphatic carbocycles. The van der Waals surface area contributed by atoms with Gasteiger partial charge in [-0.25, -0.2) is 0 Å². The number of allylic oxidation sites excluding steroid dienone is 1. The highest BCUT2D eigenvalue weighted by Gasteiger charge is 2.24. The molecule has 0 bridgehead atoms. The van der Waals surface area contributed by atoms with E-state index in [1.807, 2.05) is 57.2 Å². The van der Waals surface area contributed by atoms with Crippen LogP contribution < -0.4 is 0 Å². The number of hydrogen-bond donors (Lipinski definition) is 0. The first-order chi connectivity index (χ1) is 7.45. The van der Waals surface area contributed by atoms with Crippen LogP contribution in [0.1, 0.15) is 26.3 Å². The maximum atomic E-state index is 11.9. The number of benzene rings is 1. The predicted molar refractivity (Wildman–Crippen MR) is 64.5 cm³/mol. The highest BCUT2D eigenvalue weighted by molar-refractivity contribution is 6.06. The van der Waals surface area contributed by atoms with Crippen molar-refractivity contribution in [3.8, 4) is 6.07 Å². The Kier molecular flexibility index (Phi) is 3.63. The summed E-state index contributed by atoms with van der Waals surface area (Å²) in [6, 6.07) is 11.4. The quantitative estimate of drug-likeness (QED) is 0.559. The minimum Gasteiger partial charge on any atom is -0.293 e. The fraction of sp³-hybridized carbons (Fsp3) is 0.286. The first-order valence-electron chi connectivity index (χ1n) is 5.17. The van der Waals surface area contributed by atoms with Gasteiger partial charge in [0.15, 0.2) is 5.78 Å². The molecule has 0 atom stereocenters. The Balaban J connectivity index is 3.06. The van der Waals surface area contributed by atoms with Crippen LogP contribution in [0.3, 0.4) is 0 Å². The Bertz CT molecular complexity index is 444. The number of rotatable bonds is 2. The largest absolute Gasteiger partial charge is 0.293 e. The van der Waals surface area contributed by atoms with Crippen LogP contribution >= 0.6 is 0 Å². The summed E-state index contributed by atoms with van der Waals surface area (Å²) in [6.45, 7) is 5.43. The molecule has 82 valence electrons. The highest BCUT2D eigenvalue weighted by Crippen LogP contribution is 2.21. The van der Waals surface area contributed by atoms with E-state index >= 15 is 0 Å². The number of nitrogens with zero attached hydrogens (tertiary/aromatic N) is 1. The molecule has 16 heavy (non-hydrogen) atoms. The standard InChI is InChI=1S/C14H15NO/c1-14(2,3)13(16)12(10-15)9-11-7-5-4-6-8-11/h4-9H,1-3H3. The van der Waals surface area contributed by atoms with Crippen LogP contribution in [-0.2, 0) is 4.79 Å². The maximum Gasteiger partial charge on any atom is 0.178 e. The molecule has 0 saturated heterocycles. The summed E-state index contributed by atoms with van der Waals surface area (Å²) in [5.74, 6) is -0.126. The fourth-order valence-electron chi connectivity index (χ4n) is 1.27. The van der Waals surface area contributed by atoms with Gasteiger partial charge in [-0.05, 0) is 11.6 Å². The van der Waals surface area contributed by atoms with Crippen molar-refractivity contribution < 1.29 is 4.79 Å². The van der Waals surface area contributed by atoms with E-state index in [0.29, 0.717) is 0 Å². The average molecular weight is 213 g/mol. The van der Waals surface area contributed by atoms with Gasteiger partial charge >= 0.3 is 0 Å². The van der Waals surface area contributed by atoms with Gasteiger partial charge in [-0.2, -0.15) is 5.26 Å². The molecule has 0 aliphatic heterocycles. The van der Waals surface area contributed by atoms with E-state index in [4.69, 9.17) is 5.26 Å². The number of Topliss-reactive ketones (excluding diaryl/α,β-unsaturated/α-hetero) is 1. The van der Waals surface area contributed by atoms with Gasteiger partial charge in [-0.15, -0.1) is 0 Å². The summed E-state index contributed by atoms with van der Waals surface area (Å²) in [4.78, 5) is 11.9. The molecule has 0 unspecified atom stereocenters. The Morgan fingerprint density at radius 2 is 1.81 bits per heavy atom. The molecule has 1 rings (SSSR count). The third kappa shape index (κ3) is 3.06. The van der Waals surface area contributed by atoms with E-state index in [0.717, 1.165) is 5.56 Å². The molecule has 1 aromatic rings. The summed E-state index contributed by atoms with van der Waals surface area (Å²) in [7, 11) is 0. The topological polar surface area (TPSA) is 40.9 Å². The van der Waals surface area contributed by atoms with Gasteiger partial charge < -0.3 is 0 Å². The van der Waals surface area contributed by atoms with Crippen molar-refractivity contribution in [2.45, 2.75) is 20.8 Å². The van der Waals surface area contributed by atoms with Crippen molar-refractivity contribution in [2.24, 2.45) is 5.41 Å². The molecule has 0 amide bonds. The van der Waals surface area contributed by atoms with Gasteiger partial charge in [0.1, 0.15) is 6.07 Å².